The quantitative estimate of drug-likeness (QED) is 0.143. The van der Waals surface area contributed by atoms with Crippen molar-refractivity contribution in [2.75, 3.05) is 26.4 Å². The van der Waals surface area contributed by atoms with E-state index >= 15 is 0 Å². The first kappa shape index (κ1) is 24.6. The van der Waals surface area contributed by atoms with Gasteiger partial charge in [0.15, 0.2) is 14.0 Å². The summed E-state index contributed by atoms with van der Waals surface area (Å²) < 4.78 is 32.7. The van der Waals surface area contributed by atoms with Crippen molar-refractivity contribution in [2.24, 2.45) is 0 Å². The van der Waals surface area contributed by atoms with E-state index in [1.54, 1.807) is 0 Å². The summed E-state index contributed by atoms with van der Waals surface area (Å²) in [5, 5.41) is 78.1. The molecule has 1 unspecified atom stereocenters. The molecule has 14 heteroatoms. The highest BCUT2D eigenvalue weighted by atomic mass is 16.7. The molecule has 0 aromatic heterocycles. The van der Waals surface area contributed by atoms with Gasteiger partial charge in [0.25, 0.3) is 6.45 Å². The van der Waals surface area contributed by atoms with Gasteiger partial charge in [-0.25, -0.2) is 0 Å². The summed E-state index contributed by atoms with van der Waals surface area (Å²) in [5.41, 5.74) is 0. The molecule has 2 heterocycles. The Bertz CT molecular complexity index is 579. The number of rotatable bonds is 10. The van der Waals surface area contributed by atoms with Crippen LogP contribution < -0.4 is 0 Å². The third-order valence-electron chi connectivity index (χ3n) is 5.07. The zero-order valence-corrected chi connectivity index (χ0v) is 16.4. The molecule has 0 aromatic carbocycles. The van der Waals surface area contributed by atoms with Crippen molar-refractivity contribution < 1.29 is 70.7 Å². The molecular formula is C17H30O14. The van der Waals surface area contributed by atoms with E-state index < -0.39 is 93.8 Å². The lowest BCUT2D eigenvalue weighted by molar-refractivity contribution is -0.329. The fraction of sp³-hybridized carbons (Fsp3) is 0.941. The molecule has 182 valence electrons. The van der Waals surface area contributed by atoms with E-state index in [1.807, 2.05) is 0 Å². The molecule has 0 saturated carbocycles. The molecule has 0 spiro atoms. The van der Waals surface area contributed by atoms with Crippen LogP contribution in [0.2, 0.25) is 0 Å². The summed E-state index contributed by atoms with van der Waals surface area (Å²) in [6, 6.07) is 0. The first-order valence-electron chi connectivity index (χ1n) is 10.1. The van der Waals surface area contributed by atoms with Crippen LogP contribution in [-0.4, -0.2) is 141 Å². The minimum absolute atomic E-state index is 0.114. The van der Waals surface area contributed by atoms with Gasteiger partial charge in [0, 0.05) is 6.42 Å². The van der Waals surface area contributed by atoms with Crippen molar-refractivity contribution in [3.8, 4) is 0 Å². The Balaban J connectivity index is 2.04. The van der Waals surface area contributed by atoms with Crippen LogP contribution in [0.25, 0.3) is 0 Å². The van der Waals surface area contributed by atoms with Crippen LogP contribution in [0.4, 0.5) is 0 Å². The number of ether oxygens (including phenoxy) is 5. The first-order chi connectivity index (χ1) is 15.1. The lowest BCUT2D eigenvalue weighted by Crippen LogP contribution is -2.60. The number of aliphatic hydroxyl groups is 8. The Labute approximate surface area is 178 Å². The van der Waals surface area contributed by atoms with E-state index in [4.69, 9.17) is 20.3 Å². The van der Waals surface area contributed by atoms with Crippen molar-refractivity contribution in [1.82, 2.24) is 0 Å². The van der Waals surface area contributed by atoms with Crippen molar-refractivity contribution in [1.29, 1.82) is 0 Å². The number of hydrogen-bond acceptors (Lipinski definition) is 14. The van der Waals surface area contributed by atoms with Crippen molar-refractivity contribution in [3.05, 3.63) is 0 Å². The van der Waals surface area contributed by atoms with Gasteiger partial charge in [0.05, 0.1) is 32.5 Å². The molecule has 2 aliphatic heterocycles. The number of carbonyl (C=O) groups is 1. The summed E-state index contributed by atoms with van der Waals surface area (Å²) in [6.45, 7) is -2.10. The Kier molecular flexibility index (Phi) is 9.76. The normalized spacial score (nSPS) is 42.6. The third kappa shape index (κ3) is 6.50. The second kappa shape index (κ2) is 12.3. The van der Waals surface area contributed by atoms with Crippen LogP contribution >= 0.6 is 0 Å². The van der Waals surface area contributed by atoms with E-state index in [2.05, 4.69) is 4.74 Å². The predicted molar refractivity (Wildman–Crippen MR) is 95.0 cm³/mol. The van der Waals surface area contributed by atoms with E-state index in [0.29, 0.717) is 0 Å². The van der Waals surface area contributed by atoms with Crippen LogP contribution in [0, 0.1) is 0 Å². The van der Waals surface area contributed by atoms with Gasteiger partial charge in [0.2, 0.25) is 0 Å². The molecule has 0 amide bonds. The van der Waals surface area contributed by atoms with Gasteiger partial charge in [-0.2, -0.15) is 0 Å². The molecule has 14 nitrogen and oxygen atoms in total. The summed E-state index contributed by atoms with van der Waals surface area (Å²) in [5.74, 6) is 0. The fourth-order valence-electron chi connectivity index (χ4n) is 3.20. The maximum atomic E-state index is 10.7. The molecule has 31 heavy (non-hydrogen) atoms. The molecule has 0 aliphatic carbocycles. The van der Waals surface area contributed by atoms with Gasteiger partial charge in [-0.1, -0.05) is 0 Å². The fourth-order valence-corrected chi connectivity index (χ4v) is 3.20. The van der Waals surface area contributed by atoms with Gasteiger partial charge in [-0.05, 0) is 0 Å². The first-order valence-corrected chi connectivity index (χ1v) is 9.62. The molecule has 2 rings (SSSR count). The molecule has 2 aliphatic rings. The standard InChI is InChI=1S/C17H30O14/c18-3-8-10(21)12(23)14(25)16(30-8)28-5-7(1-2-27-6-20)29-17-15(26)13(24)11(22)9(4-19)31-17/h6-19,21-26H,1-5H2/t7?,8-,9-,10-,11-,12+,13+,14-,15-,16-,17-/m1/s1/i6D. The number of aliphatic hydroxyl groups excluding tert-OH is 8. The largest absolute Gasteiger partial charge is 0.468 e. The SMILES string of the molecule is [2H]C(=O)OCCC(CO[C@@H]1O[C@H](CO)[C@@H](O)[C@H](O)[C@H]1O)O[C@@H]1O[C@H](CO)[C@@H](O)[C@H](O)[C@H]1O. The number of hydrogen-bond donors (Lipinski definition) is 8. The molecule has 8 N–H and O–H groups in total. The summed E-state index contributed by atoms with van der Waals surface area (Å²) >= 11 is 0. The lowest BCUT2D eigenvalue weighted by atomic mass is 9.99. The van der Waals surface area contributed by atoms with E-state index in [9.17, 15) is 45.6 Å². The Morgan fingerprint density at radius 3 is 1.87 bits per heavy atom. The number of carbonyl (C=O) groups excluding carboxylic acids is 1. The topological polar surface area (TPSA) is 225 Å². The van der Waals surface area contributed by atoms with Crippen LogP contribution in [0.5, 0.6) is 0 Å². The van der Waals surface area contributed by atoms with Gasteiger partial charge in [0.1, 0.15) is 48.8 Å². The Morgan fingerprint density at radius 2 is 1.35 bits per heavy atom. The second-order valence-electron chi connectivity index (χ2n) is 7.21. The van der Waals surface area contributed by atoms with Gasteiger partial charge < -0.3 is 64.5 Å². The Hall–Kier alpha value is -1.01. The Morgan fingerprint density at radius 1 is 0.839 bits per heavy atom. The van der Waals surface area contributed by atoms with E-state index in [0.717, 1.165) is 0 Å². The summed E-state index contributed by atoms with van der Waals surface area (Å²) in [7, 11) is 0. The molecular weight excluding hydrogens is 428 g/mol. The minimum atomic E-state index is -1.72. The van der Waals surface area contributed by atoms with E-state index in [-0.39, 0.29) is 13.0 Å². The summed E-state index contributed by atoms with van der Waals surface area (Å²) in [4.78, 5) is 10.7. The van der Waals surface area contributed by atoms with Crippen LogP contribution in [0.3, 0.4) is 0 Å². The average molecular weight is 459 g/mol. The van der Waals surface area contributed by atoms with Gasteiger partial charge >= 0.3 is 0 Å². The predicted octanol–water partition coefficient (Wildman–Crippen LogP) is -5.45. The maximum Gasteiger partial charge on any atom is 0.293 e. The van der Waals surface area contributed by atoms with Crippen molar-refractivity contribution >= 4 is 6.45 Å². The van der Waals surface area contributed by atoms with Gasteiger partial charge in [-0.3, -0.25) is 4.79 Å². The minimum Gasteiger partial charge on any atom is -0.468 e. The third-order valence-corrected chi connectivity index (χ3v) is 5.07. The molecule has 2 saturated heterocycles. The van der Waals surface area contributed by atoms with Crippen LogP contribution in [-0.2, 0) is 28.5 Å². The second-order valence-corrected chi connectivity index (χ2v) is 7.21. The zero-order valence-electron chi connectivity index (χ0n) is 17.4. The van der Waals surface area contributed by atoms with Crippen molar-refractivity contribution in [3.63, 3.8) is 0 Å². The summed E-state index contributed by atoms with van der Waals surface area (Å²) in [6.07, 6.45) is -18.0. The van der Waals surface area contributed by atoms with Gasteiger partial charge in [-0.15, -0.1) is 0 Å². The smallest absolute Gasteiger partial charge is 0.293 e. The highest BCUT2D eigenvalue weighted by Gasteiger charge is 2.46. The van der Waals surface area contributed by atoms with Crippen LogP contribution in [0.1, 0.15) is 7.79 Å². The van der Waals surface area contributed by atoms with Crippen molar-refractivity contribution in [2.45, 2.75) is 73.9 Å². The zero-order chi connectivity index (χ0) is 24.0. The highest BCUT2D eigenvalue weighted by molar-refractivity contribution is 5.36. The molecule has 0 bridgehead atoms. The monoisotopic (exact) mass is 459 g/mol. The van der Waals surface area contributed by atoms with Crippen LogP contribution in [0.15, 0.2) is 0 Å². The highest BCUT2D eigenvalue weighted by Crippen LogP contribution is 2.25. The maximum absolute atomic E-state index is 10.7. The molecule has 11 atom stereocenters. The lowest BCUT2D eigenvalue weighted by Gasteiger charge is -2.42. The molecule has 0 radical (unpaired) electrons. The van der Waals surface area contributed by atoms with E-state index in [1.165, 1.54) is 0 Å². The molecule has 0 aromatic rings. The molecule has 2 fully saturated rings. The average Bonchev–Trinajstić information content (AvgIpc) is 2.76.